The lowest BCUT2D eigenvalue weighted by Gasteiger charge is -2.13. The van der Waals surface area contributed by atoms with Crippen molar-refractivity contribution >= 4 is 24.4 Å². The first-order valence-electron chi connectivity index (χ1n) is 4.08. The second-order valence-corrected chi connectivity index (χ2v) is 4.11. The van der Waals surface area contributed by atoms with Crippen LogP contribution in [0.1, 0.15) is 5.56 Å². The summed E-state index contributed by atoms with van der Waals surface area (Å²) in [5, 5.41) is 0. The van der Waals surface area contributed by atoms with Crippen molar-refractivity contribution in [3.8, 4) is 0 Å². The number of nitrogens with two attached hydrogens (primary N) is 1. The van der Waals surface area contributed by atoms with E-state index in [1.165, 1.54) is 0 Å². The second-order valence-electron chi connectivity index (χ2n) is 3.05. The molecule has 1 rings (SSSR count). The van der Waals surface area contributed by atoms with Gasteiger partial charge >= 0.3 is 6.98 Å². The lowest BCUT2D eigenvalue weighted by Crippen LogP contribution is -2.18. The molecule has 0 radical (unpaired) electrons. The minimum absolute atomic E-state index is 0.573. The first-order valence-corrected chi connectivity index (χ1v) is 5.07. The van der Waals surface area contributed by atoms with Gasteiger partial charge in [0.25, 0.3) is 0 Å². The second kappa shape index (κ2) is 4.17. The number of anilines is 1. The number of rotatable bonds is 3. The Hall–Kier alpha value is -0.775. The number of hydrogen-bond acceptors (Lipinski definition) is 2. The Morgan fingerprint density at radius 2 is 2.00 bits per heavy atom. The molecule has 0 spiro atoms. The van der Waals surface area contributed by atoms with E-state index in [0.717, 1.165) is 17.3 Å². The van der Waals surface area contributed by atoms with Gasteiger partial charge in [-0.1, -0.05) is 0 Å². The fourth-order valence-corrected chi connectivity index (χ4v) is 1.84. The summed E-state index contributed by atoms with van der Waals surface area (Å²) in [7, 11) is 0. The predicted molar refractivity (Wildman–Crippen MR) is 55.4 cm³/mol. The van der Waals surface area contributed by atoms with E-state index in [9.17, 15) is 12.9 Å². The average molecular weight is 220 g/mol. The lowest BCUT2D eigenvalue weighted by atomic mass is 9.98. The van der Waals surface area contributed by atoms with Gasteiger partial charge in [0.15, 0.2) is 0 Å². The summed E-state index contributed by atoms with van der Waals surface area (Å²) >= 11 is 0.810. The van der Waals surface area contributed by atoms with Gasteiger partial charge in [-0.2, -0.15) is 11.8 Å². The van der Waals surface area contributed by atoms with Crippen LogP contribution in [0.3, 0.4) is 0 Å². The molecule has 0 heterocycles. The van der Waals surface area contributed by atoms with E-state index in [0.29, 0.717) is 10.6 Å². The summed E-state index contributed by atoms with van der Waals surface area (Å²) < 4.78 is 35.9. The molecule has 0 aliphatic rings. The number of hydrogen-bond donors (Lipinski definition) is 1. The lowest BCUT2D eigenvalue weighted by molar-refractivity contribution is 0.485. The van der Waals surface area contributed by atoms with Crippen LogP contribution in [-0.4, -0.2) is 12.6 Å². The Balaban J connectivity index is 2.68. The molecule has 78 valence electrons. The zero-order valence-electron chi connectivity index (χ0n) is 7.64. The fraction of sp³-hybridized carbons (Fsp3) is 0.250. The molecule has 1 nitrogen and oxygen atoms in total. The smallest absolute Gasteiger partial charge is 0.448 e. The molecule has 0 bridgehead atoms. The van der Waals surface area contributed by atoms with Gasteiger partial charge in [-0.25, -0.2) is 0 Å². The number of halogens is 3. The van der Waals surface area contributed by atoms with Crippen LogP contribution in [0.4, 0.5) is 18.6 Å². The monoisotopic (exact) mass is 220 g/mol. The maximum absolute atomic E-state index is 12.0. The van der Waals surface area contributed by atoms with Crippen molar-refractivity contribution in [2.45, 2.75) is 11.8 Å². The minimum atomic E-state index is -4.72. The highest BCUT2D eigenvalue weighted by Gasteiger charge is 2.22. The van der Waals surface area contributed by atoms with E-state index in [1.807, 2.05) is 0 Å². The molecule has 0 amide bonds. The van der Waals surface area contributed by atoms with Crippen molar-refractivity contribution in [3.63, 3.8) is 0 Å². The highest BCUT2D eigenvalue weighted by Crippen LogP contribution is 2.27. The molecule has 6 heteroatoms. The van der Waals surface area contributed by atoms with Gasteiger partial charge in [0, 0.05) is 10.6 Å². The van der Waals surface area contributed by atoms with Crippen LogP contribution in [-0.2, 0) is 0 Å². The van der Waals surface area contributed by atoms with Crippen molar-refractivity contribution in [1.29, 1.82) is 0 Å². The average Bonchev–Trinajstić information content (AvgIpc) is 2.00. The van der Waals surface area contributed by atoms with Crippen LogP contribution in [0.25, 0.3) is 0 Å². The van der Waals surface area contributed by atoms with Gasteiger partial charge in [-0.3, -0.25) is 0 Å². The largest absolute Gasteiger partial charge is 0.488 e. The van der Waals surface area contributed by atoms with Gasteiger partial charge in [0.05, 0.1) is 0 Å². The van der Waals surface area contributed by atoms with Gasteiger partial charge in [0.2, 0.25) is 0 Å². The summed E-state index contributed by atoms with van der Waals surface area (Å²) in [6, 6.07) is 4.90. The van der Waals surface area contributed by atoms with Crippen LogP contribution in [0.15, 0.2) is 23.1 Å². The van der Waals surface area contributed by atoms with Crippen LogP contribution in [0.2, 0.25) is 0 Å². The quantitative estimate of drug-likeness (QED) is 0.481. The molecular weight excluding hydrogens is 210 g/mol. The third-order valence-corrected chi connectivity index (χ3v) is 2.94. The molecule has 0 atom stereocenters. The highest BCUT2D eigenvalue weighted by atomic mass is 32.2. The molecule has 0 fully saturated rings. The molecule has 1 aromatic rings. The summed E-state index contributed by atoms with van der Waals surface area (Å²) in [6.07, 6.45) is 0. The van der Waals surface area contributed by atoms with Crippen LogP contribution >= 0.6 is 11.8 Å². The Morgan fingerprint density at radius 3 is 2.50 bits per heavy atom. The van der Waals surface area contributed by atoms with Crippen LogP contribution < -0.4 is 5.73 Å². The minimum Gasteiger partial charge on any atom is -0.448 e. The Morgan fingerprint density at radius 1 is 1.36 bits per heavy atom. The molecule has 0 aromatic heterocycles. The molecule has 14 heavy (non-hydrogen) atoms. The molecule has 0 aliphatic heterocycles. The molecular formula is C8H10BF3NS-. The third kappa shape index (κ3) is 3.53. The summed E-state index contributed by atoms with van der Waals surface area (Å²) in [4.78, 5) is 0.637. The molecule has 0 saturated carbocycles. The van der Waals surface area contributed by atoms with Crippen LogP contribution in [0.5, 0.6) is 0 Å². The van der Waals surface area contributed by atoms with E-state index in [4.69, 9.17) is 5.73 Å². The van der Waals surface area contributed by atoms with Crippen LogP contribution in [0, 0.1) is 6.92 Å². The summed E-state index contributed by atoms with van der Waals surface area (Å²) in [5.74, 6) is 0. The standard InChI is InChI=1S/C8H10BF3NS/c1-6-4-7(13)2-3-8(6)14-5-9(10,11)12/h2-4H,5,13H2,1H3/q-1. The predicted octanol–water partition coefficient (Wildman–Crippen LogP) is 3.06. The third-order valence-electron chi connectivity index (χ3n) is 1.63. The SMILES string of the molecule is Cc1cc(N)ccc1SC[B-](F)(F)F. The number of aryl methyl sites for hydroxylation is 1. The van der Waals surface area contributed by atoms with Crippen molar-refractivity contribution < 1.29 is 12.9 Å². The van der Waals surface area contributed by atoms with Gasteiger partial charge in [-0.15, -0.1) is 0 Å². The van der Waals surface area contributed by atoms with E-state index in [1.54, 1.807) is 25.1 Å². The topological polar surface area (TPSA) is 26.0 Å². The molecule has 0 aliphatic carbocycles. The van der Waals surface area contributed by atoms with Gasteiger partial charge in [0.1, 0.15) is 0 Å². The normalized spacial score (nSPS) is 11.7. The molecule has 1 aromatic carbocycles. The van der Waals surface area contributed by atoms with E-state index in [-0.39, 0.29) is 0 Å². The number of benzene rings is 1. The Kier molecular flexibility index (Phi) is 3.36. The zero-order valence-corrected chi connectivity index (χ0v) is 8.45. The highest BCUT2D eigenvalue weighted by molar-refractivity contribution is 8.00. The maximum Gasteiger partial charge on any atom is 0.488 e. The summed E-state index contributed by atoms with van der Waals surface area (Å²) in [5.41, 5.74) is 6.04. The molecule has 0 saturated heterocycles. The summed E-state index contributed by atoms with van der Waals surface area (Å²) in [6.45, 7) is -2.97. The van der Waals surface area contributed by atoms with Gasteiger partial charge < -0.3 is 18.7 Å². The van der Waals surface area contributed by atoms with Crippen molar-refractivity contribution in [2.24, 2.45) is 0 Å². The molecule has 0 unspecified atom stereocenters. The van der Waals surface area contributed by atoms with Gasteiger partial charge in [-0.05, 0) is 36.3 Å². The fourth-order valence-electron chi connectivity index (χ4n) is 1.02. The Labute approximate surface area is 84.9 Å². The van der Waals surface area contributed by atoms with E-state index >= 15 is 0 Å². The number of nitrogen functional groups attached to an aromatic ring is 1. The maximum atomic E-state index is 12.0. The first-order chi connectivity index (χ1) is 6.38. The molecule has 2 N–H and O–H groups in total. The van der Waals surface area contributed by atoms with Crippen molar-refractivity contribution in [1.82, 2.24) is 0 Å². The van der Waals surface area contributed by atoms with Crippen molar-refractivity contribution in [3.05, 3.63) is 23.8 Å². The van der Waals surface area contributed by atoms with Crippen molar-refractivity contribution in [2.75, 3.05) is 11.4 Å². The number of thioether (sulfide) groups is 1. The Bertz CT molecular complexity index is 327. The zero-order chi connectivity index (χ0) is 10.8. The van der Waals surface area contributed by atoms with E-state index < -0.39 is 12.6 Å². The first kappa shape index (κ1) is 11.3. The van der Waals surface area contributed by atoms with E-state index in [2.05, 4.69) is 0 Å².